The first-order valence-electron chi connectivity index (χ1n) is 4.30. The van der Waals surface area contributed by atoms with Gasteiger partial charge in [0.2, 0.25) is 5.91 Å². The van der Waals surface area contributed by atoms with Crippen molar-refractivity contribution in [3.63, 3.8) is 0 Å². The van der Waals surface area contributed by atoms with Crippen molar-refractivity contribution in [3.8, 4) is 11.8 Å². The van der Waals surface area contributed by atoms with E-state index in [-0.39, 0.29) is 17.5 Å². The summed E-state index contributed by atoms with van der Waals surface area (Å²) in [6, 6.07) is 4.25. The van der Waals surface area contributed by atoms with Gasteiger partial charge in [-0.25, -0.2) is 4.79 Å². The Hall–Kier alpha value is -1.99. The number of hydrogen-bond donors (Lipinski definition) is 2. The van der Waals surface area contributed by atoms with E-state index in [0.29, 0.717) is 5.02 Å². The second-order valence-corrected chi connectivity index (χ2v) is 3.38. The van der Waals surface area contributed by atoms with Crippen molar-refractivity contribution in [1.29, 1.82) is 0 Å². The highest BCUT2D eigenvalue weighted by molar-refractivity contribution is 6.30. The van der Waals surface area contributed by atoms with Crippen LogP contribution in [0.15, 0.2) is 18.2 Å². The van der Waals surface area contributed by atoms with Crippen LogP contribution in [0.4, 0.5) is 0 Å². The maximum Gasteiger partial charge on any atom is 0.336 e. The summed E-state index contributed by atoms with van der Waals surface area (Å²) in [7, 11) is 0. The van der Waals surface area contributed by atoms with Crippen LogP contribution in [0.3, 0.4) is 0 Å². The van der Waals surface area contributed by atoms with Crippen LogP contribution in [-0.2, 0) is 4.79 Å². The predicted octanol–water partition coefficient (Wildman–Crippen LogP) is 1.27. The van der Waals surface area contributed by atoms with Gasteiger partial charge in [-0.05, 0) is 18.2 Å². The van der Waals surface area contributed by atoms with E-state index in [0.717, 1.165) is 0 Å². The zero-order valence-corrected chi connectivity index (χ0v) is 8.91. The van der Waals surface area contributed by atoms with Gasteiger partial charge in [0.25, 0.3) is 0 Å². The minimum Gasteiger partial charge on any atom is -0.478 e. The Morgan fingerprint density at radius 3 is 2.69 bits per heavy atom. The second-order valence-electron chi connectivity index (χ2n) is 2.94. The molecule has 82 valence electrons. The third-order valence-electron chi connectivity index (χ3n) is 1.70. The first-order valence-corrected chi connectivity index (χ1v) is 4.68. The molecule has 1 amide bonds. The average Bonchev–Trinajstić information content (AvgIpc) is 2.16. The fourth-order valence-corrected chi connectivity index (χ4v) is 1.21. The van der Waals surface area contributed by atoms with Gasteiger partial charge in [-0.3, -0.25) is 4.79 Å². The third-order valence-corrected chi connectivity index (χ3v) is 1.93. The highest BCUT2D eigenvalue weighted by Gasteiger charge is 2.08. The molecule has 0 atom stereocenters. The highest BCUT2D eigenvalue weighted by Crippen LogP contribution is 2.15. The molecule has 0 fully saturated rings. The lowest BCUT2D eigenvalue weighted by Gasteiger charge is -1.99. The number of carbonyl (C=O) groups is 2. The number of primary amides is 1. The number of halogens is 1. The number of amides is 1. The molecule has 0 radical (unpaired) electrons. The molecule has 0 saturated carbocycles. The van der Waals surface area contributed by atoms with E-state index in [9.17, 15) is 9.59 Å². The lowest BCUT2D eigenvalue weighted by Crippen LogP contribution is -2.08. The number of carbonyl (C=O) groups excluding carboxylic acids is 1. The van der Waals surface area contributed by atoms with Gasteiger partial charge in [0.05, 0.1) is 12.0 Å². The Balaban J connectivity index is 3.08. The lowest BCUT2D eigenvalue weighted by atomic mass is 10.1. The number of aromatic carboxylic acids is 1. The van der Waals surface area contributed by atoms with E-state index in [1.807, 2.05) is 0 Å². The smallest absolute Gasteiger partial charge is 0.336 e. The van der Waals surface area contributed by atoms with Gasteiger partial charge in [-0.1, -0.05) is 23.4 Å². The van der Waals surface area contributed by atoms with Crippen molar-refractivity contribution in [2.45, 2.75) is 6.42 Å². The fourth-order valence-electron chi connectivity index (χ4n) is 1.03. The van der Waals surface area contributed by atoms with Crippen molar-refractivity contribution in [2.24, 2.45) is 5.73 Å². The number of rotatable bonds is 2. The first-order chi connectivity index (χ1) is 7.50. The van der Waals surface area contributed by atoms with Crippen LogP contribution in [0.25, 0.3) is 0 Å². The topological polar surface area (TPSA) is 80.4 Å². The van der Waals surface area contributed by atoms with E-state index >= 15 is 0 Å². The Morgan fingerprint density at radius 2 is 2.12 bits per heavy atom. The Kier molecular flexibility index (Phi) is 3.92. The molecule has 0 heterocycles. The Morgan fingerprint density at radius 1 is 1.44 bits per heavy atom. The molecule has 4 nitrogen and oxygen atoms in total. The molecular weight excluding hydrogens is 230 g/mol. The molecule has 0 aliphatic heterocycles. The predicted molar refractivity (Wildman–Crippen MR) is 59.1 cm³/mol. The fraction of sp³-hybridized carbons (Fsp3) is 0.0909. The third kappa shape index (κ3) is 3.30. The Labute approximate surface area is 97.0 Å². The quantitative estimate of drug-likeness (QED) is 0.760. The summed E-state index contributed by atoms with van der Waals surface area (Å²) >= 11 is 5.71. The molecule has 1 aromatic carbocycles. The molecule has 0 bridgehead atoms. The summed E-state index contributed by atoms with van der Waals surface area (Å²) in [6.45, 7) is 0. The Bertz CT molecular complexity index is 500. The maximum absolute atomic E-state index is 10.8. The molecule has 1 aromatic rings. The minimum atomic E-state index is -1.10. The summed E-state index contributed by atoms with van der Waals surface area (Å²) in [5.74, 6) is 3.37. The van der Waals surface area contributed by atoms with Gasteiger partial charge in [-0.2, -0.15) is 0 Å². The van der Waals surface area contributed by atoms with Crippen LogP contribution < -0.4 is 5.73 Å². The molecule has 0 spiro atoms. The number of benzene rings is 1. The SMILES string of the molecule is NC(=O)CC#Cc1cc(Cl)ccc1C(=O)O. The van der Waals surface area contributed by atoms with Crippen LogP contribution in [0.2, 0.25) is 5.02 Å². The summed E-state index contributed by atoms with van der Waals surface area (Å²) in [5, 5.41) is 9.25. The van der Waals surface area contributed by atoms with Crippen molar-refractivity contribution < 1.29 is 14.7 Å². The van der Waals surface area contributed by atoms with Gasteiger partial charge in [0, 0.05) is 10.6 Å². The number of carboxylic acid groups (broad SMARTS) is 1. The molecule has 0 unspecified atom stereocenters. The standard InChI is InChI=1S/C11H8ClNO3/c12-8-4-5-9(11(15)16)7(6-8)2-1-3-10(13)14/h4-6H,3H2,(H2,13,14)(H,15,16). The number of carboxylic acids is 1. The van der Waals surface area contributed by atoms with E-state index in [1.54, 1.807) is 0 Å². The van der Waals surface area contributed by atoms with E-state index in [4.69, 9.17) is 22.4 Å². The molecule has 0 saturated heterocycles. The molecular formula is C11H8ClNO3. The van der Waals surface area contributed by atoms with Crippen LogP contribution >= 0.6 is 11.6 Å². The van der Waals surface area contributed by atoms with Crippen molar-refractivity contribution in [3.05, 3.63) is 34.3 Å². The average molecular weight is 238 g/mol. The zero-order chi connectivity index (χ0) is 12.1. The highest BCUT2D eigenvalue weighted by atomic mass is 35.5. The zero-order valence-electron chi connectivity index (χ0n) is 8.16. The maximum atomic E-state index is 10.8. The number of nitrogens with two attached hydrogens (primary N) is 1. The van der Waals surface area contributed by atoms with Gasteiger partial charge < -0.3 is 10.8 Å². The van der Waals surface area contributed by atoms with Gasteiger partial charge in [-0.15, -0.1) is 0 Å². The first kappa shape index (κ1) is 12.1. The molecule has 3 N–H and O–H groups in total. The normalized spacial score (nSPS) is 9.06. The van der Waals surface area contributed by atoms with Crippen LogP contribution in [-0.4, -0.2) is 17.0 Å². The summed E-state index contributed by atoms with van der Waals surface area (Å²) in [4.78, 5) is 21.3. The summed E-state index contributed by atoms with van der Waals surface area (Å²) in [6.07, 6.45) is -0.119. The van der Waals surface area contributed by atoms with Crippen molar-refractivity contribution >= 4 is 23.5 Å². The van der Waals surface area contributed by atoms with Gasteiger partial charge in [0.15, 0.2) is 0 Å². The van der Waals surface area contributed by atoms with Crippen molar-refractivity contribution in [2.75, 3.05) is 0 Å². The largest absolute Gasteiger partial charge is 0.478 e. The van der Waals surface area contributed by atoms with Crippen LogP contribution in [0.1, 0.15) is 22.3 Å². The molecule has 0 aromatic heterocycles. The van der Waals surface area contributed by atoms with E-state index in [1.165, 1.54) is 18.2 Å². The van der Waals surface area contributed by atoms with E-state index < -0.39 is 11.9 Å². The molecule has 1 rings (SSSR count). The molecule has 16 heavy (non-hydrogen) atoms. The second kappa shape index (κ2) is 5.19. The van der Waals surface area contributed by atoms with Crippen LogP contribution in [0, 0.1) is 11.8 Å². The molecule has 0 aliphatic rings. The molecule has 5 heteroatoms. The van der Waals surface area contributed by atoms with Gasteiger partial charge >= 0.3 is 5.97 Å². The monoisotopic (exact) mass is 237 g/mol. The van der Waals surface area contributed by atoms with E-state index in [2.05, 4.69) is 11.8 Å². The lowest BCUT2D eigenvalue weighted by molar-refractivity contribution is -0.117. The van der Waals surface area contributed by atoms with Gasteiger partial charge in [0.1, 0.15) is 0 Å². The summed E-state index contributed by atoms with van der Waals surface area (Å²) in [5.41, 5.74) is 5.21. The molecule has 0 aliphatic carbocycles. The van der Waals surface area contributed by atoms with Crippen LogP contribution in [0.5, 0.6) is 0 Å². The minimum absolute atomic E-state index is 0.0429. The van der Waals surface area contributed by atoms with Crippen molar-refractivity contribution in [1.82, 2.24) is 0 Å². The number of hydrogen-bond acceptors (Lipinski definition) is 2. The summed E-state index contributed by atoms with van der Waals surface area (Å²) < 4.78 is 0.